The van der Waals surface area contributed by atoms with Crippen LogP contribution in [0.15, 0.2) is 6.20 Å². The Balaban J connectivity index is 1.80. The lowest BCUT2D eigenvalue weighted by molar-refractivity contribution is 0.0635. The molecule has 1 saturated heterocycles. The molecule has 2 rings (SSSR count). The van der Waals surface area contributed by atoms with E-state index in [4.69, 9.17) is 5.73 Å². The fraction of sp³-hybridized carbons (Fsp3) is 0.692. The second kappa shape index (κ2) is 6.68. The van der Waals surface area contributed by atoms with E-state index in [2.05, 4.69) is 15.1 Å². The van der Waals surface area contributed by atoms with Gasteiger partial charge in [-0.05, 0) is 32.9 Å². The van der Waals surface area contributed by atoms with Gasteiger partial charge in [-0.3, -0.25) is 14.8 Å². The van der Waals surface area contributed by atoms with Crippen LogP contribution < -0.4 is 5.73 Å². The Morgan fingerprint density at radius 2 is 2.11 bits per heavy atom. The molecule has 1 aromatic heterocycles. The number of aromatic nitrogens is 2. The second-order valence-corrected chi connectivity index (χ2v) is 5.04. The minimum Gasteiger partial charge on any atom is -0.336 e. The predicted molar refractivity (Wildman–Crippen MR) is 74.0 cm³/mol. The molecular formula is C13H23N5O. The molecule has 0 atom stereocenters. The highest BCUT2D eigenvalue weighted by atomic mass is 16.2. The molecule has 3 N–H and O–H groups in total. The first-order chi connectivity index (χ1) is 9.22. The maximum Gasteiger partial charge on any atom is 0.257 e. The zero-order chi connectivity index (χ0) is 13.7. The SMILES string of the molecule is Cc1[nH]ncc1C(=O)N1CCN(CCCCN)CC1. The van der Waals surface area contributed by atoms with Gasteiger partial charge in [0, 0.05) is 31.9 Å². The third-order valence-electron chi connectivity index (χ3n) is 3.65. The number of nitrogens with two attached hydrogens (primary N) is 1. The van der Waals surface area contributed by atoms with E-state index in [0.717, 1.165) is 57.8 Å². The lowest BCUT2D eigenvalue weighted by atomic mass is 10.2. The molecule has 2 heterocycles. The van der Waals surface area contributed by atoms with Crippen molar-refractivity contribution in [2.75, 3.05) is 39.3 Å². The van der Waals surface area contributed by atoms with Crippen LogP contribution in [0.25, 0.3) is 0 Å². The van der Waals surface area contributed by atoms with Gasteiger partial charge in [-0.15, -0.1) is 0 Å². The Hall–Kier alpha value is -1.40. The summed E-state index contributed by atoms with van der Waals surface area (Å²) in [5.74, 6) is 0.0906. The first kappa shape index (κ1) is 14.0. The molecule has 1 aliphatic rings. The van der Waals surface area contributed by atoms with Crippen molar-refractivity contribution < 1.29 is 4.79 Å². The Morgan fingerprint density at radius 3 is 2.68 bits per heavy atom. The number of H-pyrrole nitrogens is 1. The zero-order valence-electron chi connectivity index (χ0n) is 11.6. The summed E-state index contributed by atoms with van der Waals surface area (Å²) in [6.45, 7) is 7.23. The van der Waals surface area contributed by atoms with E-state index in [-0.39, 0.29) is 5.91 Å². The van der Waals surface area contributed by atoms with Crippen LogP contribution in [0.5, 0.6) is 0 Å². The molecular weight excluding hydrogens is 242 g/mol. The number of hydrogen-bond acceptors (Lipinski definition) is 4. The number of rotatable bonds is 5. The maximum atomic E-state index is 12.3. The number of aromatic amines is 1. The summed E-state index contributed by atoms with van der Waals surface area (Å²) in [5.41, 5.74) is 7.03. The van der Waals surface area contributed by atoms with Crippen molar-refractivity contribution in [3.63, 3.8) is 0 Å². The summed E-state index contributed by atoms with van der Waals surface area (Å²) in [4.78, 5) is 16.6. The van der Waals surface area contributed by atoms with Gasteiger partial charge in [0.2, 0.25) is 0 Å². The number of hydrogen-bond donors (Lipinski definition) is 2. The Morgan fingerprint density at radius 1 is 1.37 bits per heavy atom. The molecule has 19 heavy (non-hydrogen) atoms. The summed E-state index contributed by atoms with van der Waals surface area (Å²) >= 11 is 0. The van der Waals surface area contributed by atoms with E-state index in [9.17, 15) is 4.79 Å². The lowest BCUT2D eigenvalue weighted by Gasteiger charge is -2.34. The Bertz CT molecular complexity index is 409. The third kappa shape index (κ3) is 3.54. The predicted octanol–water partition coefficient (Wildman–Crippen LogP) is 0.215. The smallest absolute Gasteiger partial charge is 0.257 e. The minimum atomic E-state index is 0.0906. The van der Waals surface area contributed by atoms with Gasteiger partial charge in [0.15, 0.2) is 0 Å². The molecule has 0 aromatic carbocycles. The maximum absolute atomic E-state index is 12.3. The van der Waals surface area contributed by atoms with Gasteiger partial charge in [0.05, 0.1) is 11.8 Å². The van der Waals surface area contributed by atoms with Gasteiger partial charge in [-0.1, -0.05) is 0 Å². The summed E-state index contributed by atoms with van der Waals surface area (Å²) < 4.78 is 0. The number of nitrogens with one attached hydrogen (secondary N) is 1. The van der Waals surface area contributed by atoms with E-state index >= 15 is 0 Å². The number of nitrogens with zero attached hydrogens (tertiary/aromatic N) is 3. The van der Waals surface area contributed by atoms with Crippen LogP contribution in [-0.2, 0) is 0 Å². The highest BCUT2D eigenvalue weighted by Gasteiger charge is 2.23. The monoisotopic (exact) mass is 265 g/mol. The number of aryl methyl sites for hydroxylation is 1. The fourth-order valence-corrected chi connectivity index (χ4v) is 2.39. The van der Waals surface area contributed by atoms with Crippen LogP contribution in [0.2, 0.25) is 0 Å². The lowest BCUT2D eigenvalue weighted by Crippen LogP contribution is -2.48. The summed E-state index contributed by atoms with van der Waals surface area (Å²) in [6.07, 6.45) is 3.84. The topological polar surface area (TPSA) is 78.2 Å². The molecule has 106 valence electrons. The molecule has 0 unspecified atom stereocenters. The van der Waals surface area contributed by atoms with E-state index < -0.39 is 0 Å². The number of piperazine rings is 1. The third-order valence-corrected chi connectivity index (χ3v) is 3.65. The van der Waals surface area contributed by atoms with Gasteiger partial charge in [-0.2, -0.15) is 5.10 Å². The van der Waals surface area contributed by atoms with Crippen molar-refractivity contribution in [3.8, 4) is 0 Å². The van der Waals surface area contributed by atoms with Crippen LogP contribution in [0.4, 0.5) is 0 Å². The van der Waals surface area contributed by atoms with Gasteiger partial charge in [-0.25, -0.2) is 0 Å². The Kier molecular flexibility index (Phi) is 4.93. The number of unbranched alkanes of at least 4 members (excludes halogenated alkanes) is 1. The number of amides is 1. The molecule has 0 saturated carbocycles. The average molecular weight is 265 g/mol. The molecule has 0 spiro atoms. The van der Waals surface area contributed by atoms with Crippen molar-refractivity contribution >= 4 is 5.91 Å². The molecule has 6 nitrogen and oxygen atoms in total. The van der Waals surface area contributed by atoms with Crippen molar-refractivity contribution in [2.24, 2.45) is 5.73 Å². The fourth-order valence-electron chi connectivity index (χ4n) is 2.39. The number of carbonyl (C=O) groups is 1. The summed E-state index contributed by atoms with van der Waals surface area (Å²) in [5, 5.41) is 6.72. The van der Waals surface area contributed by atoms with Gasteiger partial charge < -0.3 is 10.6 Å². The molecule has 1 amide bonds. The first-order valence-electron chi connectivity index (χ1n) is 6.94. The van der Waals surface area contributed by atoms with Gasteiger partial charge >= 0.3 is 0 Å². The first-order valence-corrected chi connectivity index (χ1v) is 6.94. The highest BCUT2D eigenvalue weighted by Crippen LogP contribution is 2.11. The minimum absolute atomic E-state index is 0.0906. The van der Waals surface area contributed by atoms with E-state index in [1.54, 1.807) is 6.20 Å². The van der Waals surface area contributed by atoms with Crippen LogP contribution in [0.1, 0.15) is 28.9 Å². The van der Waals surface area contributed by atoms with E-state index in [0.29, 0.717) is 5.56 Å². The van der Waals surface area contributed by atoms with E-state index in [1.807, 2.05) is 11.8 Å². The molecule has 6 heteroatoms. The molecule has 0 aliphatic carbocycles. The van der Waals surface area contributed by atoms with Crippen LogP contribution in [-0.4, -0.2) is 65.2 Å². The quantitative estimate of drug-likeness (QED) is 0.746. The molecule has 0 bridgehead atoms. The second-order valence-electron chi connectivity index (χ2n) is 5.04. The van der Waals surface area contributed by atoms with Gasteiger partial charge in [0.25, 0.3) is 5.91 Å². The summed E-state index contributed by atoms with van der Waals surface area (Å²) in [7, 11) is 0. The van der Waals surface area contributed by atoms with Gasteiger partial charge in [0.1, 0.15) is 0 Å². The van der Waals surface area contributed by atoms with Crippen LogP contribution in [0.3, 0.4) is 0 Å². The molecule has 1 aromatic rings. The molecule has 0 radical (unpaired) electrons. The van der Waals surface area contributed by atoms with Crippen molar-refractivity contribution in [1.29, 1.82) is 0 Å². The van der Waals surface area contributed by atoms with E-state index in [1.165, 1.54) is 0 Å². The van der Waals surface area contributed by atoms with Crippen molar-refractivity contribution in [1.82, 2.24) is 20.0 Å². The standard InChI is InChI=1S/C13H23N5O/c1-11-12(10-15-16-11)13(19)18-8-6-17(7-9-18)5-3-2-4-14/h10H,2-9,14H2,1H3,(H,15,16). The normalized spacial score (nSPS) is 16.8. The van der Waals surface area contributed by atoms with Crippen LogP contribution >= 0.6 is 0 Å². The average Bonchev–Trinajstić information content (AvgIpc) is 2.85. The number of carbonyl (C=O) groups excluding carboxylic acids is 1. The largest absolute Gasteiger partial charge is 0.336 e. The summed E-state index contributed by atoms with van der Waals surface area (Å²) in [6, 6.07) is 0. The zero-order valence-corrected chi connectivity index (χ0v) is 11.6. The highest BCUT2D eigenvalue weighted by molar-refractivity contribution is 5.95. The van der Waals surface area contributed by atoms with Crippen LogP contribution in [0, 0.1) is 6.92 Å². The van der Waals surface area contributed by atoms with Crippen molar-refractivity contribution in [3.05, 3.63) is 17.5 Å². The Labute approximate surface area is 113 Å². The molecule has 1 fully saturated rings. The van der Waals surface area contributed by atoms with Crippen molar-refractivity contribution in [2.45, 2.75) is 19.8 Å². The molecule has 1 aliphatic heterocycles.